The molecule has 5 nitrogen and oxygen atoms in total. The molecule has 0 aliphatic carbocycles. The summed E-state index contributed by atoms with van der Waals surface area (Å²) < 4.78 is 5.51. The Morgan fingerprint density at radius 1 is 0.818 bits per heavy atom. The van der Waals surface area contributed by atoms with Crippen LogP contribution in [0.4, 0.5) is 11.4 Å². The second-order valence-electron chi connectivity index (χ2n) is 8.10. The Balaban J connectivity index is 1.77. The minimum Gasteiger partial charge on any atom is -0.494 e. The fourth-order valence-corrected chi connectivity index (χ4v) is 3.87. The van der Waals surface area contributed by atoms with Gasteiger partial charge < -0.3 is 10.1 Å². The summed E-state index contributed by atoms with van der Waals surface area (Å²) in [4.78, 5) is 28.4. The third-order valence-electron chi connectivity index (χ3n) is 5.92. The van der Waals surface area contributed by atoms with Crippen LogP contribution in [0.25, 0.3) is 5.57 Å². The van der Waals surface area contributed by atoms with Gasteiger partial charge in [-0.1, -0.05) is 37.3 Å². The van der Waals surface area contributed by atoms with Crippen molar-refractivity contribution in [2.24, 2.45) is 0 Å². The van der Waals surface area contributed by atoms with E-state index < -0.39 is 0 Å². The average Bonchev–Trinajstić information content (AvgIpc) is 3.06. The lowest BCUT2D eigenvalue weighted by atomic mass is 9.99. The Hall–Kier alpha value is -3.86. The van der Waals surface area contributed by atoms with Crippen molar-refractivity contribution in [2.45, 2.75) is 34.1 Å². The summed E-state index contributed by atoms with van der Waals surface area (Å²) in [5.41, 5.74) is 5.97. The summed E-state index contributed by atoms with van der Waals surface area (Å²) in [5, 5.41) is 3.21. The first-order valence-electron chi connectivity index (χ1n) is 11.2. The van der Waals surface area contributed by atoms with Crippen molar-refractivity contribution in [3.63, 3.8) is 0 Å². The molecule has 168 valence electrons. The summed E-state index contributed by atoms with van der Waals surface area (Å²) in [5.74, 6) is 0.0465. The molecule has 0 unspecified atom stereocenters. The molecule has 1 heterocycles. The van der Waals surface area contributed by atoms with Crippen LogP contribution >= 0.6 is 0 Å². The Morgan fingerprint density at radius 3 is 2.12 bits per heavy atom. The fraction of sp³-hybridized carbons (Fsp3) is 0.214. The van der Waals surface area contributed by atoms with Gasteiger partial charge in [0.2, 0.25) is 0 Å². The first kappa shape index (κ1) is 22.3. The van der Waals surface area contributed by atoms with Gasteiger partial charge in [0, 0.05) is 5.69 Å². The number of rotatable bonds is 7. The van der Waals surface area contributed by atoms with E-state index in [1.165, 1.54) is 4.90 Å². The van der Waals surface area contributed by atoms with Crippen molar-refractivity contribution in [2.75, 3.05) is 16.8 Å². The van der Waals surface area contributed by atoms with E-state index in [1.54, 1.807) is 0 Å². The third kappa shape index (κ3) is 4.40. The quantitative estimate of drug-likeness (QED) is 0.482. The van der Waals surface area contributed by atoms with Crippen LogP contribution in [0.15, 0.2) is 72.4 Å². The first-order chi connectivity index (χ1) is 15.9. The molecule has 1 N–H and O–H groups in total. The van der Waals surface area contributed by atoms with E-state index >= 15 is 0 Å². The number of carbonyl (C=O) groups is 2. The minimum atomic E-state index is -0.369. The van der Waals surface area contributed by atoms with E-state index in [0.717, 1.165) is 34.4 Å². The summed E-state index contributed by atoms with van der Waals surface area (Å²) >= 11 is 0. The summed E-state index contributed by atoms with van der Waals surface area (Å²) in [6.07, 6.45) is 0.888. The molecule has 1 aliphatic heterocycles. The highest BCUT2D eigenvalue weighted by atomic mass is 16.5. The molecule has 0 saturated carbocycles. The normalized spacial score (nSPS) is 13.6. The predicted octanol–water partition coefficient (Wildman–Crippen LogP) is 5.66. The number of benzene rings is 3. The number of anilines is 2. The number of hydrogen-bond donors (Lipinski definition) is 1. The van der Waals surface area contributed by atoms with E-state index in [2.05, 4.69) is 12.2 Å². The van der Waals surface area contributed by atoms with Crippen molar-refractivity contribution < 1.29 is 14.3 Å². The number of hydrogen-bond acceptors (Lipinski definition) is 4. The van der Waals surface area contributed by atoms with Crippen molar-refractivity contribution >= 4 is 28.8 Å². The average molecular weight is 441 g/mol. The highest BCUT2D eigenvalue weighted by Gasteiger charge is 2.40. The van der Waals surface area contributed by atoms with Gasteiger partial charge in [-0.15, -0.1) is 0 Å². The first-order valence-corrected chi connectivity index (χ1v) is 11.2. The molecule has 0 radical (unpaired) electrons. The highest BCUT2D eigenvalue weighted by Crippen LogP contribution is 2.34. The van der Waals surface area contributed by atoms with Crippen LogP contribution in [0.1, 0.15) is 36.1 Å². The molecule has 0 aromatic heterocycles. The maximum atomic E-state index is 13.6. The number of carbonyl (C=O) groups excluding carboxylic acids is 2. The molecular weight excluding hydrogens is 412 g/mol. The van der Waals surface area contributed by atoms with Crippen molar-refractivity contribution in [1.29, 1.82) is 0 Å². The molecule has 0 saturated heterocycles. The second kappa shape index (κ2) is 9.33. The lowest BCUT2D eigenvalue weighted by Gasteiger charge is -2.16. The molecule has 3 aromatic carbocycles. The van der Waals surface area contributed by atoms with Crippen LogP contribution in [0, 0.1) is 13.8 Å². The second-order valence-corrected chi connectivity index (χ2v) is 8.10. The Kier molecular flexibility index (Phi) is 6.31. The zero-order chi connectivity index (χ0) is 23.5. The minimum absolute atomic E-state index is 0.270. The SMILES string of the molecule is CCOc1ccc(NC2=C(c3ccc(C)c(C)c3)C(=O)N(c3ccc(CC)cc3)C2=O)cc1. The number of ether oxygens (including phenoxy) is 1. The lowest BCUT2D eigenvalue weighted by molar-refractivity contribution is -0.120. The number of imide groups is 1. The molecule has 0 bridgehead atoms. The summed E-state index contributed by atoms with van der Waals surface area (Å²) in [6, 6.07) is 20.7. The topological polar surface area (TPSA) is 58.6 Å². The molecule has 4 rings (SSSR count). The molecule has 0 fully saturated rings. The summed E-state index contributed by atoms with van der Waals surface area (Å²) in [6.45, 7) is 8.60. The van der Waals surface area contributed by atoms with Crippen LogP contribution < -0.4 is 15.0 Å². The van der Waals surface area contributed by atoms with E-state index in [0.29, 0.717) is 23.6 Å². The van der Waals surface area contributed by atoms with Gasteiger partial charge >= 0.3 is 0 Å². The number of nitrogens with zero attached hydrogens (tertiary/aromatic N) is 1. The van der Waals surface area contributed by atoms with Gasteiger partial charge in [-0.2, -0.15) is 0 Å². The molecule has 5 heteroatoms. The Bertz CT molecular complexity index is 1230. The van der Waals surface area contributed by atoms with Crippen molar-refractivity contribution in [1.82, 2.24) is 0 Å². The molecule has 2 amide bonds. The molecule has 0 atom stereocenters. The predicted molar refractivity (Wildman–Crippen MR) is 132 cm³/mol. The Labute approximate surface area is 194 Å². The third-order valence-corrected chi connectivity index (χ3v) is 5.92. The van der Waals surface area contributed by atoms with Gasteiger partial charge in [0.15, 0.2) is 0 Å². The van der Waals surface area contributed by atoms with Crippen LogP contribution in [-0.4, -0.2) is 18.4 Å². The lowest BCUT2D eigenvalue weighted by Crippen LogP contribution is -2.32. The molecule has 1 aliphatic rings. The van der Waals surface area contributed by atoms with Crippen molar-refractivity contribution in [3.8, 4) is 5.75 Å². The maximum Gasteiger partial charge on any atom is 0.282 e. The van der Waals surface area contributed by atoms with E-state index in [1.807, 2.05) is 87.5 Å². The fourth-order valence-electron chi connectivity index (χ4n) is 3.87. The number of amides is 2. The molecule has 33 heavy (non-hydrogen) atoms. The van der Waals surface area contributed by atoms with E-state index in [9.17, 15) is 9.59 Å². The zero-order valence-electron chi connectivity index (χ0n) is 19.4. The maximum absolute atomic E-state index is 13.6. The van der Waals surface area contributed by atoms with Crippen LogP contribution in [0.5, 0.6) is 5.75 Å². The number of nitrogens with one attached hydrogen (secondary N) is 1. The van der Waals surface area contributed by atoms with E-state index in [-0.39, 0.29) is 17.5 Å². The van der Waals surface area contributed by atoms with Crippen LogP contribution in [0.2, 0.25) is 0 Å². The molecule has 0 spiro atoms. The highest BCUT2D eigenvalue weighted by molar-refractivity contribution is 6.46. The van der Waals surface area contributed by atoms with Gasteiger partial charge in [0.1, 0.15) is 11.4 Å². The summed E-state index contributed by atoms with van der Waals surface area (Å²) in [7, 11) is 0. The van der Waals surface area contributed by atoms with E-state index in [4.69, 9.17) is 4.74 Å². The Morgan fingerprint density at radius 2 is 1.52 bits per heavy atom. The van der Waals surface area contributed by atoms with Crippen LogP contribution in [-0.2, 0) is 16.0 Å². The number of aryl methyl sites for hydroxylation is 3. The monoisotopic (exact) mass is 440 g/mol. The van der Waals surface area contributed by atoms with Gasteiger partial charge in [0.25, 0.3) is 11.8 Å². The van der Waals surface area contributed by atoms with Gasteiger partial charge in [-0.25, -0.2) is 4.90 Å². The van der Waals surface area contributed by atoms with Crippen molar-refractivity contribution in [3.05, 3.63) is 94.7 Å². The molecular formula is C28H28N2O3. The standard InChI is InChI=1S/C28H28N2O3/c1-5-20-8-13-23(14-9-20)30-27(31)25(21-10-7-18(3)19(4)17-21)26(28(30)32)29-22-11-15-24(16-12-22)33-6-2/h7-17,29H,5-6H2,1-4H3. The van der Waals surface area contributed by atoms with Gasteiger partial charge in [-0.05, 0) is 85.8 Å². The zero-order valence-corrected chi connectivity index (χ0v) is 19.4. The van der Waals surface area contributed by atoms with Crippen LogP contribution in [0.3, 0.4) is 0 Å². The van der Waals surface area contributed by atoms with Gasteiger partial charge in [-0.3, -0.25) is 9.59 Å². The van der Waals surface area contributed by atoms with Gasteiger partial charge in [0.05, 0.1) is 17.9 Å². The smallest absolute Gasteiger partial charge is 0.282 e. The molecule has 3 aromatic rings. The largest absolute Gasteiger partial charge is 0.494 e.